The summed E-state index contributed by atoms with van der Waals surface area (Å²) in [5, 5.41) is 3.02. The quantitative estimate of drug-likeness (QED) is 0.496. The number of hydrogen-bond donors (Lipinski definition) is 1. The summed E-state index contributed by atoms with van der Waals surface area (Å²) in [6.07, 6.45) is 0.574. The first-order chi connectivity index (χ1) is 13.1. The van der Waals surface area contributed by atoms with Crippen molar-refractivity contribution in [3.8, 4) is 17.2 Å². The van der Waals surface area contributed by atoms with E-state index in [1.807, 2.05) is 61.5 Å². The highest BCUT2D eigenvalue weighted by Crippen LogP contribution is 2.24. The number of hydrogen-bond acceptors (Lipinski definition) is 4. The lowest BCUT2D eigenvalue weighted by Crippen LogP contribution is -2.39. The van der Waals surface area contributed by atoms with E-state index in [1.165, 1.54) is 5.56 Å². The number of carbonyl (C=O) groups is 1. The molecular weight excluding hydrogens is 338 g/mol. The summed E-state index contributed by atoms with van der Waals surface area (Å²) in [6, 6.07) is 24.3. The Bertz CT molecular complexity index is 858. The van der Waals surface area contributed by atoms with Crippen LogP contribution >= 0.6 is 0 Å². The number of carbonyl (C=O) groups excluding carboxylic acids is 1. The zero-order valence-electron chi connectivity index (χ0n) is 15.5. The highest BCUT2D eigenvalue weighted by Gasteiger charge is 2.19. The molecule has 0 amide bonds. The van der Waals surface area contributed by atoms with Gasteiger partial charge in [-0.1, -0.05) is 48.0 Å². The van der Waals surface area contributed by atoms with Gasteiger partial charge in [0.1, 0.15) is 23.3 Å². The van der Waals surface area contributed by atoms with Crippen molar-refractivity contribution in [2.24, 2.45) is 0 Å². The average Bonchev–Trinajstić information content (AvgIpc) is 2.70. The molecule has 0 aliphatic rings. The average molecular weight is 361 g/mol. The molecule has 0 bridgehead atoms. The Morgan fingerprint density at radius 1 is 0.852 bits per heavy atom. The monoisotopic (exact) mass is 361 g/mol. The second-order valence-corrected chi connectivity index (χ2v) is 6.34. The van der Waals surface area contributed by atoms with E-state index in [2.05, 4.69) is 5.32 Å². The smallest absolute Gasteiger partial charge is 0.328 e. The molecule has 4 nitrogen and oxygen atoms in total. The summed E-state index contributed by atoms with van der Waals surface area (Å²) < 4.78 is 11.3. The molecule has 4 heteroatoms. The van der Waals surface area contributed by atoms with Crippen molar-refractivity contribution in [1.29, 1.82) is 0 Å². The van der Waals surface area contributed by atoms with Gasteiger partial charge in [0, 0.05) is 0 Å². The molecule has 3 rings (SSSR count). The van der Waals surface area contributed by atoms with Gasteiger partial charge in [0.05, 0.1) is 0 Å². The number of likely N-dealkylation sites (N-methyl/N-ethyl adjacent to an activating group) is 1. The molecular formula is C23H23NO3. The molecule has 0 spiro atoms. The highest BCUT2D eigenvalue weighted by atomic mass is 16.5. The van der Waals surface area contributed by atoms with Crippen molar-refractivity contribution in [3.63, 3.8) is 0 Å². The van der Waals surface area contributed by atoms with Gasteiger partial charge < -0.3 is 14.8 Å². The van der Waals surface area contributed by atoms with E-state index in [4.69, 9.17) is 9.47 Å². The van der Waals surface area contributed by atoms with Crippen LogP contribution < -0.4 is 14.8 Å². The molecule has 1 N–H and O–H groups in total. The summed E-state index contributed by atoms with van der Waals surface area (Å²) in [5.74, 6) is 1.63. The van der Waals surface area contributed by atoms with Crippen LogP contribution in [0.1, 0.15) is 11.1 Å². The standard InChI is InChI=1S/C23H23NO3/c1-17-8-10-19(11-9-17)26-20-12-14-21(15-13-20)27-23(25)22(24-2)16-18-6-4-3-5-7-18/h3-15,22,24H,16H2,1-2H3/t22-/m1/s1. The topological polar surface area (TPSA) is 47.6 Å². The van der Waals surface area contributed by atoms with E-state index >= 15 is 0 Å². The summed E-state index contributed by atoms with van der Waals surface area (Å²) in [4.78, 5) is 12.4. The Morgan fingerprint density at radius 3 is 2.00 bits per heavy atom. The molecule has 1 atom stereocenters. The highest BCUT2D eigenvalue weighted by molar-refractivity contribution is 5.78. The van der Waals surface area contributed by atoms with E-state index < -0.39 is 6.04 Å². The molecule has 0 saturated heterocycles. The molecule has 0 aromatic heterocycles. The Labute approximate surface area is 159 Å². The zero-order chi connectivity index (χ0) is 19.1. The second kappa shape index (κ2) is 9.01. The van der Waals surface area contributed by atoms with E-state index in [-0.39, 0.29) is 5.97 Å². The second-order valence-electron chi connectivity index (χ2n) is 6.34. The molecule has 0 aliphatic carbocycles. The predicted octanol–water partition coefficient (Wildman–Crippen LogP) is 4.52. The van der Waals surface area contributed by atoms with Gasteiger partial charge in [0.25, 0.3) is 0 Å². The van der Waals surface area contributed by atoms with E-state index in [9.17, 15) is 4.79 Å². The van der Waals surface area contributed by atoms with Gasteiger partial charge in [-0.05, 0) is 62.4 Å². The number of aryl methyl sites for hydroxylation is 1. The van der Waals surface area contributed by atoms with Crippen molar-refractivity contribution in [3.05, 3.63) is 90.0 Å². The summed E-state index contributed by atoms with van der Waals surface area (Å²) in [7, 11) is 1.76. The van der Waals surface area contributed by atoms with Crippen molar-refractivity contribution < 1.29 is 14.3 Å². The molecule has 0 radical (unpaired) electrons. The minimum Gasteiger partial charge on any atom is -0.457 e. The Kier molecular flexibility index (Phi) is 6.23. The molecule has 0 aliphatic heterocycles. The first-order valence-electron chi connectivity index (χ1n) is 8.91. The first kappa shape index (κ1) is 18.7. The molecule has 0 saturated carbocycles. The molecule has 0 unspecified atom stereocenters. The van der Waals surface area contributed by atoms with Gasteiger partial charge in [0.2, 0.25) is 0 Å². The maximum absolute atomic E-state index is 12.4. The van der Waals surface area contributed by atoms with Crippen LogP contribution in [0.15, 0.2) is 78.9 Å². The zero-order valence-corrected chi connectivity index (χ0v) is 15.5. The third kappa shape index (κ3) is 5.43. The van der Waals surface area contributed by atoms with Crippen LogP contribution in [0.2, 0.25) is 0 Å². The molecule has 0 heterocycles. The van der Waals surface area contributed by atoms with Gasteiger partial charge in [-0.15, -0.1) is 0 Å². The predicted molar refractivity (Wildman–Crippen MR) is 106 cm³/mol. The Morgan fingerprint density at radius 2 is 1.41 bits per heavy atom. The third-order valence-electron chi connectivity index (χ3n) is 4.21. The minimum atomic E-state index is -0.407. The van der Waals surface area contributed by atoms with Crippen LogP contribution in [0.25, 0.3) is 0 Å². The van der Waals surface area contributed by atoms with Crippen LogP contribution in [-0.2, 0) is 11.2 Å². The van der Waals surface area contributed by atoms with Crippen molar-refractivity contribution in [2.75, 3.05) is 7.05 Å². The molecule has 3 aromatic carbocycles. The van der Waals surface area contributed by atoms with Crippen molar-refractivity contribution in [1.82, 2.24) is 5.32 Å². The fourth-order valence-corrected chi connectivity index (χ4v) is 2.66. The maximum Gasteiger partial charge on any atom is 0.328 e. The fraction of sp³-hybridized carbons (Fsp3) is 0.174. The summed E-state index contributed by atoms with van der Waals surface area (Å²) in [6.45, 7) is 2.03. The van der Waals surface area contributed by atoms with E-state index in [0.29, 0.717) is 17.9 Å². The fourth-order valence-electron chi connectivity index (χ4n) is 2.66. The lowest BCUT2D eigenvalue weighted by Gasteiger charge is -2.15. The van der Waals surface area contributed by atoms with Crippen LogP contribution in [0.5, 0.6) is 17.2 Å². The van der Waals surface area contributed by atoms with E-state index in [1.54, 1.807) is 31.3 Å². The van der Waals surface area contributed by atoms with Crippen LogP contribution in [-0.4, -0.2) is 19.1 Å². The Balaban J connectivity index is 1.59. The lowest BCUT2D eigenvalue weighted by molar-refractivity contribution is -0.136. The normalized spacial score (nSPS) is 11.6. The summed E-state index contributed by atoms with van der Waals surface area (Å²) >= 11 is 0. The van der Waals surface area contributed by atoms with Gasteiger partial charge in [-0.2, -0.15) is 0 Å². The van der Waals surface area contributed by atoms with Crippen LogP contribution in [0.4, 0.5) is 0 Å². The number of rotatable bonds is 7. The van der Waals surface area contributed by atoms with Gasteiger partial charge >= 0.3 is 5.97 Å². The maximum atomic E-state index is 12.4. The largest absolute Gasteiger partial charge is 0.457 e. The van der Waals surface area contributed by atoms with Crippen molar-refractivity contribution >= 4 is 5.97 Å². The van der Waals surface area contributed by atoms with Gasteiger partial charge in [-0.3, -0.25) is 0 Å². The third-order valence-corrected chi connectivity index (χ3v) is 4.21. The SMILES string of the molecule is CN[C@H](Cc1ccccc1)C(=O)Oc1ccc(Oc2ccc(C)cc2)cc1. The number of nitrogens with one attached hydrogen (secondary N) is 1. The minimum absolute atomic E-state index is 0.312. The molecule has 27 heavy (non-hydrogen) atoms. The molecule has 3 aromatic rings. The van der Waals surface area contributed by atoms with Crippen LogP contribution in [0, 0.1) is 6.92 Å². The van der Waals surface area contributed by atoms with Crippen LogP contribution in [0.3, 0.4) is 0 Å². The van der Waals surface area contributed by atoms with E-state index in [0.717, 1.165) is 11.3 Å². The summed E-state index contributed by atoms with van der Waals surface area (Å²) in [5.41, 5.74) is 2.26. The lowest BCUT2D eigenvalue weighted by atomic mass is 10.1. The van der Waals surface area contributed by atoms with Gasteiger partial charge in [-0.25, -0.2) is 4.79 Å². The molecule has 0 fully saturated rings. The van der Waals surface area contributed by atoms with Crippen molar-refractivity contribution in [2.45, 2.75) is 19.4 Å². The Hall–Kier alpha value is -3.11. The first-order valence-corrected chi connectivity index (χ1v) is 8.91. The van der Waals surface area contributed by atoms with Gasteiger partial charge in [0.15, 0.2) is 0 Å². The number of benzene rings is 3. The molecule has 138 valence electrons. The number of ether oxygens (including phenoxy) is 2. The number of esters is 1.